The minimum absolute atomic E-state index is 0.362. The molecule has 1 aliphatic carbocycles. The van der Waals surface area contributed by atoms with E-state index in [1.165, 1.54) is 18.4 Å². The number of hydrogen-bond acceptors (Lipinski definition) is 1. The molecule has 18 heavy (non-hydrogen) atoms. The Kier molecular flexibility index (Phi) is 3.78. The molecule has 0 unspecified atom stereocenters. The molecular formula is C17H23N. The molecular weight excluding hydrogens is 218 g/mol. The van der Waals surface area contributed by atoms with Crippen LogP contribution in [0.5, 0.6) is 0 Å². The van der Waals surface area contributed by atoms with E-state index in [0.29, 0.717) is 5.41 Å². The SMILES string of the molecule is C#Cc1ccc(CN(CC(C)(C)C)C2CC2)cc1. The third kappa shape index (κ3) is 3.89. The molecule has 2 rings (SSSR count). The number of rotatable bonds is 4. The first-order chi connectivity index (χ1) is 8.48. The molecule has 1 saturated carbocycles. The van der Waals surface area contributed by atoms with Crippen LogP contribution in [0.25, 0.3) is 0 Å². The topological polar surface area (TPSA) is 3.24 Å². The van der Waals surface area contributed by atoms with E-state index in [9.17, 15) is 0 Å². The Morgan fingerprint density at radius 2 is 1.83 bits per heavy atom. The summed E-state index contributed by atoms with van der Waals surface area (Å²) in [5, 5.41) is 0. The maximum atomic E-state index is 5.38. The van der Waals surface area contributed by atoms with Crippen molar-refractivity contribution in [2.24, 2.45) is 5.41 Å². The molecule has 0 spiro atoms. The first kappa shape index (κ1) is 13.2. The minimum atomic E-state index is 0.362. The van der Waals surface area contributed by atoms with Gasteiger partial charge in [0.15, 0.2) is 0 Å². The van der Waals surface area contributed by atoms with E-state index in [1.54, 1.807) is 0 Å². The lowest BCUT2D eigenvalue weighted by atomic mass is 9.95. The predicted octanol–water partition coefficient (Wildman–Crippen LogP) is 3.68. The van der Waals surface area contributed by atoms with Crippen molar-refractivity contribution >= 4 is 0 Å². The van der Waals surface area contributed by atoms with Gasteiger partial charge in [-0.25, -0.2) is 0 Å². The standard InChI is InChI=1S/C17H23N/c1-5-14-6-8-15(9-7-14)12-18(16-10-11-16)13-17(2,3)4/h1,6-9,16H,10-13H2,2-4H3. The fourth-order valence-corrected chi connectivity index (χ4v) is 2.30. The van der Waals surface area contributed by atoms with Crippen molar-refractivity contribution < 1.29 is 0 Å². The highest BCUT2D eigenvalue weighted by molar-refractivity contribution is 5.34. The second-order valence-electron chi connectivity index (χ2n) is 6.54. The first-order valence-electron chi connectivity index (χ1n) is 6.77. The molecule has 1 aromatic rings. The molecule has 0 amide bonds. The molecule has 0 aromatic heterocycles. The highest BCUT2D eigenvalue weighted by Crippen LogP contribution is 2.31. The zero-order valence-corrected chi connectivity index (χ0v) is 11.7. The van der Waals surface area contributed by atoms with Gasteiger partial charge in [-0.05, 0) is 36.0 Å². The van der Waals surface area contributed by atoms with E-state index in [2.05, 4.69) is 43.7 Å². The van der Waals surface area contributed by atoms with Gasteiger partial charge in [0.2, 0.25) is 0 Å². The van der Waals surface area contributed by atoms with Crippen molar-refractivity contribution in [1.82, 2.24) is 4.90 Å². The van der Waals surface area contributed by atoms with Crippen molar-refractivity contribution in [3.05, 3.63) is 35.4 Å². The van der Waals surface area contributed by atoms with Gasteiger partial charge < -0.3 is 0 Å². The third-order valence-electron chi connectivity index (χ3n) is 3.25. The Labute approximate surface area is 111 Å². The van der Waals surface area contributed by atoms with Gasteiger partial charge >= 0.3 is 0 Å². The molecule has 1 heteroatoms. The molecule has 0 aliphatic heterocycles. The van der Waals surface area contributed by atoms with Gasteiger partial charge in [0.25, 0.3) is 0 Å². The molecule has 1 fully saturated rings. The minimum Gasteiger partial charge on any atom is -0.296 e. The summed E-state index contributed by atoms with van der Waals surface area (Å²) in [5.74, 6) is 2.67. The highest BCUT2D eigenvalue weighted by atomic mass is 15.2. The summed E-state index contributed by atoms with van der Waals surface area (Å²) in [6, 6.07) is 9.20. The molecule has 0 heterocycles. The van der Waals surface area contributed by atoms with E-state index < -0.39 is 0 Å². The molecule has 0 N–H and O–H groups in total. The molecule has 1 aliphatic rings. The first-order valence-corrected chi connectivity index (χ1v) is 6.77. The molecule has 0 radical (unpaired) electrons. The van der Waals surface area contributed by atoms with Crippen molar-refractivity contribution in [2.45, 2.75) is 46.2 Å². The average molecular weight is 241 g/mol. The largest absolute Gasteiger partial charge is 0.296 e. The number of hydrogen-bond donors (Lipinski definition) is 0. The maximum absolute atomic E-state index is 5.38. The Balaban J connectivity index is 2.02. The Hall–Kier alpha value is -1.26. The lowest BCUT2D eigenvalue weighted by molar-refractivity contribution is 0.175. The third-order valence-corrected chi connectivity index (χ3v) is 3.25. The van der Waals surface area contributed by atoms with Gasteiger partial charge in [-0.1, -0.05) is 38.8 Å². The van der Waals surface area contributed by atoms with Gasteiger partial charge in [0, 0.05) is 24.7 Å². The van der Waals surface area contributed by atoms with Crippen molar-refractivity contribution in [1.29, 1.82) is 0 Å². The smallest absolute Gasteiger partial charge is 0.0242 e. The number of nitrogens with zero attached hydrogens (tertiary/aromatic N) is 1. The number of terminal acetylenes is 1. The fraction of sp³-hybridized carbons (Fsp3) is 0.529. The second-order valence-corrected chi connectivity index (χ2v) is 6.54. The summed E-state index contributed by atoms with van der Waals surface area (Å²) in [6.45, 7) is 9.14. The fourth-order valence-electron chi connectivity index (χ4n) is 2.30. The molecule has 0 atom stereocenters. The van der Waals surface area contributed by atoms with E-state index in [4.69, 9.17) is 6.42 Å². The van der Waals surface area contributed by atoms with Crippen LogP contribution in [0.4, 0.5) is 0 Å². The average Bonchev–Trinajstić information content (AvgIpc) is 3.11. The molecule has 0 bridgehead atoms. The molecule has 1 aromatic carbocycles. The maximum Gasteiger partial charge on any atom is 0.0242 e. The van der Waals surface area contributed by atoms with Crippen LogP contribution in [0.3, 0.4) is 0 Å². The lowest BCUT2D eigenvalue weighted by Crippen LogP contribution is -2.34. The summed E-state index contributed by atoms with van der Waals surface area (Å²) >= 11 is 0. The van der Waals surface area contributed by atoms with E-state index >= 15 is 0 Å². The Morgan fingerprint density at radius 3 is 2.28 bits per heavy atom. The van der Waals surface area contributed by atoms with E-state index in [0.717, 1.165) is 24.7 Å². The predicted molar refractivity (Wildman–Crippen MR) is 77.3 cm³/mol. The van der Waals surface area contributed by atoms with Crippen molar-refractivity contribution in [2.75, 3.05) is 6.54 Å². The zero-order valence-electron chi connectivity index (χ0n) is 11.7. The lowest BCUT2D eigenvalue weighted by Gasteiger charge is -2.30. The Bertz CT molecular complexity index is 426. The van der Waals surface area contributed by atoms with Crippen LogP contribution in [0, 0.1) is 17.8 Å². The van der Waals surface area contributed by atoms with Gasteiger partial charge in [0.05, 0.1) is 0 Å². The molecule has 1 nitrogen and oxygen atoms in total. The van der Waals surface area contributed by atoms with Gasteiger partial charge in [-0.3, -0.25) is 4.90 Å². The monoisotopic (exact) mass is 241 g/mol. The molecule has 96 valence electrons. The van der Waals surface area contributed by atoms with Crippen molar-refractivity contribution in [3.63, 3.8) is 0 Å². The van der Waals surface area contributed by atoms with E-state index in [1.807, 2.05) is 12.1 Å². The number of benzene rings is 1. The van der Waals surface area contributed by atoms with E-state index in [-0.39, 0.29) is 0 Å². The van der Waals surface area contributed by atoms with Crippen LogP contribution >= 0.6 is 0 Å². The molecule has 0 saturated heterocycles. The summed E-state index contributed by atoms with van der Waals surface area (Å²) in [4.78, 5) is 2.62. The summed E-state index contributed by atoms with van der Waals surface area (Å²) in [5.41, 5.74) is 2.69. The second kappa shape index (κ2) is 5.16. The van der Waals surface area contributed by atoms with Crippen LogP contribution < -0.4 is 0 Å². The quantitative estimate of drug-likeness (QED) is 0.727. The van der Waals surface area contributed by atoms with Crippen LogP contribution in [-0.2, 0) is 6.54 Å². The summed E-state index contributed by atoms with van der Waals surface area (Å²) in [6.07, 6.45) is 8.10. The van der Waals surface area contributed by atoms with Gasteiger partial charge in [-0.15, -0.1) is 6.42 Å². The van der Waals surface area contributed by atoms with Gasteiger partial charge in [-0.2, -0.15) is 0 Å². The van der Waals surface area contributed by atoms with Gasteiger partial charge in [0.1, 0.15) is 0 Å². The van der Waals surface area contributed by atoms with Crippen LogP contribution in [0.15, 0.2) is 24.3 Å². The van der Waals surface area contributed by atoms with Crippen LogP contribution in [0.2, 0.25) is 0 Å². The summed E-state index contributed by atoms with van der Waals surface area (Å²) in [7, 11) is 0. The van der Waals surface area contributed by atoms with Crippen LogP contribution in [-0.4, -0.2) is 17.5 Å². The summed E-state index contributed by atoms with van der Waals surface area (Å²) < 4.78 is 0. The highest BCUT2D eigenvalue weighted by Gasteiger charge is 2.31. The Morgan fingerprint density at radius 1 is 1.22 bits per heavy atom. The van der Waals surface area contributed by atoms with Crippen molar-refractivity contribution in [3.8, 4) is 12.3 Å². The normalized spacial score (nSPS) is 15.7. The van der Waals surface area contributed by atoms with Crippen LogP contribution in [0.1, 0.15) is 44.7 Å². The zero-order chi connectivity index (χ0) is 13.2.